The van der Waals surface area contributed by atoms with Crippen molar-refractivity contribution in [2.45, 2.75) is 19.4 Å². The zero-order valence-corrected chi connectivity index (χ0v) is 19.0. The normalized spacial score (nSPS) is 13.3. The second kappa shape index (κ2) is 9.72. The van der Waals surface area contributed by atoms with E-state index >= 15 is 0 Å². The van der Waals surface area contributed by atoms with Crippen LogP contribution in [0.1, 0.15) is 24.0 Å². The molecule has 0 spiro atoms. The van der Waals surface area contributed by atoms with Gasteiger partial charge in [-0.05, 0) is 60.4 Å². The van der Waals surface area contributed by atoms with Gasteiger partial charge >= 0.3 is 0 Å². The van der Waals surface area contributed by atoms with Crippen LogP contribution in [0.2, 0.25) is 0 Å². The third kappa shape index (κ3) is 5.48. The number of hydrazone groups is 1. The highest BCUT2D eigenvalue weighted by Gasteiger charge is 2.17. The topological polar surface area (TPSA) is 64.3 Å². The Balaban J connectivity index is 1.35. The van der Waals surface area contributed by atoms with E-state index in [4.69, 9.17) is 9.84 Å². The predicted molar refractivity (Wildman–Crippen MR) is 133 cm³/mol. The number of nitrogens with one attached hydrogen (secondary N) is 1. The molecule has 0 radical (unpaired) electrons. The van der Waals surface area contributed by atoms with Crippen LogP contribution in [-0.2, 0) is 6.54 Å². The summed E-state index contributed by atoms with van der Waals surface area (Å²) < 4.78 is 7.23. The average molecular weight is 454 g/mol. The van der Waals surface area contributed by atoms with Gasteiger partial charge in [-0.3, -0.25) is 5.43 Å². The van der Waals surface area contributed by atoms with Crippen LogP contribution < -0.4 is 10.2 Å². The van der Waals surface area contributed by atoms with Crippen LogP contribution in [0.5, 0.6) is 5.75 Å². The van der Waals surface area contributed by atoms with Crippen LogP contribution in [0, 0.1) is 17.8 Å². The number of imidazole rings is 1. The number of rotatable bonds is 7. The third-order valence-electron chi connectivity index (χ3n) is 5.27. The SMILES string of the molecule is COc1ccc(-c2cnc(N/N=C(/Cn3ccnc3)c3ccc(C#CC4CC4)cc3)s2)cc1. The molecule has 0 aliphatic heterocycles. The van der Waals surface area contributed by atoms with Crippen molar-refractivity contribution in [2.75, 3.05) is 12.5 Å². The van der Waals surface area contributed by atoms with Crippen molar-refractivity contribution in [2.24, 2.45) is 11.0 Å². The van der Waals surface area contributed by atoms with Crippen molar-refractivity contribution >= 4 is 22.2 Å². The maximum atomic E-state index is 5.24. The summed E-state index contributed by atoms with van der Waals surface area (Å²) in [7, 11) is 1.66. The lowest BCUT2D eigenvalue weighted by Crippen LogP contribution is -2.12. The first-order valence-corrected chi connectivity index (χ1v) is 11.6. The Morgan fingerprint density at radius 3 is 2.70 bits per heavy atom. The zero-order valence-electron chi connectivity index (χ0n) is 18.2. The summed E-state index contributed by atoms with van der Waals surface area (Å²) in [4.78, 5) is 9.70. The molecule has 1 saturated carbocycles. The Hall–Kier alpha value is -3.89. The summed E-state index contributed by atoms with van der Waals surface area (Å²) in [5, 5.41) is 5.43. The molecule has 0 atom stereocenters. The number of methoxy groups -OCH3 is 1. The van der Waals surface area contributed by atoms with Crippen LogP contribution in [-0.4, -0.2) is 27.4 Å². The van der Waals surface area contributed by atoms with E-state index in [0.717, 1.165) is 38.2 Å². The molecular weight excluding hydrogens is 430 g/mol. The number of aromatic nitrogens is 3. The molecular formula is C26H23N5OS. The summed E-state index contributed by atoms with van der Waals surface area (Å²) in [5.41, 5.74) is 7.18. The van der Waals surface area contributed by atoms with Gasteiger partial charge in [-0.25, -0.2) is 9.97 Å². The van der Waals surface area contributed by atoms with Gasteiger partial charge in [-0.15, -0.1) is 0 Å². The quantitative estimate of drug-likeness (QED) is 0.235. The number of thiazole rings is 1. The number of benzene rings is 2. The van der Waals surface area contributed by atoms with Gasteiger partial charge in [0.1, 0.15) is 5.75 Å². The molecule has 1 aliphatic rings. The molecule has 0 amide bonds. The van der Waals surface area contributed by atoms with E-state index in [1.807, 2.05) is 41.2 Å². The second-order valence-corrected chi connectivity index (χ2v) is 8.82. The maximum Gasteiger partial charge on any atom is 0.203 e. The first-order chi connectivity index (χ1) is 16.3. The highest BCUT2D eigenvalue weighted by molar-refractivity contribution is 7.18. The van der Waals surface area contributed by atoms with Crippen LogP contribution in [0.25, 0.3) is 10.4 Å². The number of nitrogens with zero attached hydrogens (tertiary/aromatic N) is 4. The van der Waals surface area contributed by atoms with Gasteiger partial charge in [0.25, 0.3) is 0 Å². The van der Waals surface area contributed by atoms with E-state index in [2.05, 4.69) is 51.5 Å². The van der Waals surface area contributed by atoms with Gasteiger partial charge in [-0.1, -0.05) is 35.3 Å². The van der Waals surface area contributed by atoms with Gasteiger partial charge in [0, 0.05) is 30.1 Å². The monoisotopic (exact) mass is 453 g/mol. The molecule has 1 N–H and O–H groups in total. The Morgan fingerprint density at radius 2 is 2.00 bits per heavy atom. The lowest BCUT2D eigenvalue weighted by atomic mass is 10.1. The molecule has 2 aromatic carbocycles. The predicted octanol–water partition coefficient (Wildman–Crippen LogP) is 5.29. The molecule has 2 aromatic heterocycles. The molecule has 4 aromatic rings. The van der Waals surface area contributed by atoms with Gasteiger partial charge in [0.2, 0.25) is 5.13 Å². The molecule has 7 heteroatoms. The minimum atomic E-state index is 0.591. The van der Waals surface area contributed by atoms with Crippen LogP contribution in [0.3, 0.4) is 0 Å². The van der Waals surface area contributed by atoms with Crippen molar-refractivity contribution in [3.8, 4) is 28.0 Å². The van der Waals surface area contributed by atoms with Crippen molar-refractivity contribution < 1.29 is 4.74 Å². The lowest BCUT2D eigenvalue weighted by molar-refractivity contribution is 0.415. The van der Waals surface area contributed by atoms with E-state index in [0.29, 0.717) is 12.5 Å². The van der Waals surface area contributed by atoms with Gasteiger partial charge in [0.05, 0.1) is 30.6 Å². The maximum absolute atomic E-state index is 5.24. The molecule has 0 unspecified atom stereocenters. The van der Waals surface area contributed by atoms with E-state index in [1.165, 1.54) is 12.8 Å². The number of hydrogen-bond donors (Lipinski definition) is 1. The second-order valence-electron chi connectivity index (χ2n) is 7.78. The fraction of sp³-hybridized carbons (Fsp3) is 0.192. The largest absolute Gasteiger partial charge is 0.497 e. The summed E-state index contributed by atoms with van der Waals surface area (Å²) in [5.74, 6) is 8.00. The number of hydrogen-bond acceptors (Lipinski definition) is 6. The first kappa shape index (κ1) is 21.0. The third-order valence-corrected chi connectivity index (χ3v) is 6.23. The number of ether oxygens (including phenoxy) is 1. The summed E-state index contributed by atoms with van der Waals surface area (Å²) in [6, 6.07) is 16.2. The van der Waals surface area contributed by atoms with Crippen LogP contribution >= 0.6 is 11.3 Å². The van der Waals surface area contributed by atoms with Crippen molar-refractivity contribution in [1.82, 2.24) is 14.5 Å². The zero-order chi connectivity index (χ0) is 22.5. The van der Waals surface area contributed by atoms with E-state index < -0.39 is 0 Å². The van der Waals surface area contributed by atoms with Gasteiger partial charge in [0.15, 0.2) is 0 Å². The summed E-state index contributed by atoms with van der Waals surface area (Å²) >= 11 is 1.55. The molecule has 164 valence electrons. The molecule has 0 saturated heterocycles. The van der Waals surface area contributed by atoms with Crippen molar-refractivity contribution in [3.05, 3.63) is 84.6 Å². The van der Waals surface area contributed by atoms with E-state index in [1.54, 1.807) is 31.0 Å². The first-order valence-electron chi connectivity index (χ1n) is 10.8. The fourth-order valence-corrected chi connectivity index (χ4v) is 4.00. The van der Waals surface area contributed by atoms with E-state index in [-0.39, 0.29) is 0 Å². The summed E-state index contributed by atoms with van der Waals surface area (Å²) in [6.07, 6.45) is 9.80. The minimum Gasteiger partial charge on any atom is -0.497 e. The van der Waals surface area contributed by atoms with Crippen LogP contribution in [0.4, 0.5) is 5.13 Å². The average Bonchev–Trinajstić information content (AvgIpc) is 3.32. The Kier molecular flexibility index (Phi) is 6.18. The molecule has 0 bridgehead atoms. The molecule has 1 fully saturated rings. The Morgan fingerprint density at radius 1 is 1.18 bits per heavy atom. The minimum absolute atomic E-state index is 0.591. The van der Waals surface area contributed by atoms with E-state index in [9.17, 15) is 0 Å². The molecule has 33 heavy (non-hydrogen) atoms. The standard InChI is InChI=1S/C26H23N5OS/c1-32-23-12-10-22(11-13-23)25-16-28-26(33-25)30-29-24(17-31-15-14-27-18-31)21-8-6-20(7-9-21)5-4-19-2-3-19/h6-16,18-19H,2-3,17H2,1H3,(H,28,30)/b29-24-. The highest BCUT2D eigenvalue weighted by Crippen LogP contribution is 2.30. The smallest absolute Gasteiger partial charge is 0.203 e. The highest BCUT2D eigenvalue weighted by atomic mass is 32.1. The van der Waals surface area contributed by atoms with Gasteiger partial charge in [-0.2, -0.15) is 5.10 Å². The molecule has 6 nitrogen and oxygen atoms in total. The van der Waals surface area contributed by atoms with Crippen molar-refractivity contribution in [3.63, 3.8) is 0 Å². The number of anilines is 1. The lowest BCUT2D eigenvalue weighted by Gasteiger charge is -2.08. The van der Waals surface area contributed by atoms with Gasteiger partial charge < -0.3 is 9.30 Å². The fourth-order valence-electron chi connectivity index (χ4n) is 3.23. The Bertz CT molecular complexity index is 1290. The molecule has 2 heterocycles. The Labute approximate surface area is 197 Å². The van der Waals surface area contributed by atoms with Crippen molar-refractivity contribution in [1.29, 1.82) is 0 Å². The van der Waals surface area contributed by atoms with Crippen LogP contribution in [0.15, 0.2) is 78.6 Å². The summed E-state index contributed by atoms with van der Waals surface area (Å²) in [6.45, 7) is 0.594. The molecule has 1 aliphatic carbocycles. The molecule has 5 rings (SSSR count).